The number of phenols is 2. The van der Waals surface area contributed by atoms with Gasteiger partial charge in [0.25, 0.3) is 20.0 Å². The van der Waals surface area contributed by atoms with Gasteiger partial charge in [-0.25, -0.2) is 26.4 Å². The summed E-state index contributed by atoms with van der Waals surface area (Å²) in [5.41, 5.74) is -2.16. The van der Waals surface area contributed by atoms with Crippen LogP contribution in [0.3, 0.4) is 0 Å². The fourth-order valence-electron chi connectivity index (χ4n) is 3.68. The second-order valence-corrected chi connectivity index (χ2v) is 10.9. The average Bonchev–Trinajstić information content (AvgIpc) is 2.77. The van der Waals surface area contributed by atoms with Crippen molar-refractivity contribution in [3.8, 4) is 11.5 Å². The maximum atomic E-state index is 13.1. The number of aromatic hydroxyl groups is 2. The van der Waals surface area contributed by atoms with E-state index < -0.39 is 64.4 Å². The molecule has 0 aliphatic carbocycles. The molecule has 180 valence electrons. The molecule has 0 bridgehead atoms. The van der Waals surface area contributed by atoms with Crippen molar-refractivity contribution >= 4 is 53.5 Å². The van der Waals surface area contributed by atoms with Crippen molar-refractivity contribution in [2.75, 3.05) is 0 Å². The standard InChI is InChI=1S/C22H15NO10S2/c24-19-13-7-3-1-5-11(13)9-15(17(19)21(26)27)34(30,31)23-35(32,33)16-10-12-6-2-4-8-14(12)20(25)18(16)22(28)29/h1-10,23-25H,(H,26,27)(H,28,29). The third-order valence-electron chi connectivity index (χ3n) is 5.20. The third kappa shape index (κ3) is 4.01. The number of hydrogen-bond acceptors (Lipinski definition) is 8. The molecule has 13 heteroatoms. The summed E-state index contributed by atoms with van der Waals surface area (Å²) in [5, 5.41) is 40.1. The van der Waals surface area contributed by atoms with E-state index in [1.54, 1.807) is 0 Å². The summed E-state index contributed by atoms with van der Waals surface area (Å²) in [6.07, 6.45) is 0. The van der Waals surface area contributed by atoms with Crippen LogP contribution in [0.4, 0.5) is 0 Å². The van der Waals surface area contributed by atoms with E-state index in [0.717, 1.165) is 12.1 Å². The van der Waals surface area contributed by atoms with Gasteiger partial charge in [-0.2, -0.15) is 0 Å². The van der Waals surface area contributed by atoms with Crippen molar-refractivity contribution in [2.45, 2.75) is 9.79 Å². The number of hydrogen-bond donors (Lipinski definition) is 5. The van der Waals surface area contributed by atoms with E-state index in [0.29, 0.717) is 0 Å². The highest BCUT2D eigenvalue weighted by Crippen LogP contribution is 2.36. The highest BCUT2D eigenvalue weighted by Gasteiger charge is 2.35. The molecule has 0 atom stereocenters. The Bertz CT molecular complexity index is 1650. The van der Waals surface area contributed by atoms with Crippen molar-refractivity contribution in [3.05, 3.63) is 71.8 Å². The van der Waals surface area contributed by atoms with E-state index in [9.17, 15) is 46.9 Å². The maximum absolute atomic E-state index is 13.1. The number of nitrogens with one attached hydrogen (secondary N) is 1. The molecule has 0 unspecified atom stereocenters. The lowest BCUT2D eigenvalue weighted by Crippen LogP contribution is -2.33. The fourth-order valence-corrected chi connectivity index (χ4v) is 7.02. The fraction of sp³-hybridized carbons (Fsp3) is 0. The van der Waals surface area contributed by atoms with Crippen LogP contribution in [0, 0.1) is 0 Å². The first-order chi connectivity index (χ1) is 16.3. The Kier molecular flexibility index (Phi) is 5.63. The second kappa shape index (κ2) is 8.23. The monoisotopic (exact) mass is 517 g/mol. The van der Waals surface area contributed by atoms with Crippen LogP contribution in [0.2, 0.25) is 0 Å². The van der Waals surface area contributed by atoms with Gasteiger partial charge in [0, 0.05) is 10.8 Å². The molecule has 0 saturated carbocycles. The number of benzene rings is 4. The van der Waals surface area contributed by atoms with Gasteiger partial charge in [-0.3, -0.25) is 0 Å². The molecule has 5 N–H and O–H groups in total. The Balaban J connectivity index is 1.95. The Morgan fingerprint density at radius 1 is 0.629 bits per heavy atom. The van der Waals surface area contributed by atoms with E-state index in [2.05, 4.69) is 0 Å². The van der Waals surface area contributed by atoms with Crippen molar-refractivity contribution in [2.24, 2.45) is 0 Å². The first-order valence-corrected chi connectivity index (χ1v) is 12.6. The minimum atomic E-state index is -5.22. The topological polar surface area (TPSA) is 195 Å². The van der Waals surface area contributed by atoms with Crippen LogP contribution in [0.15, 0.2) is 70.5 Å². The normalized spacial score (nSPS) is 12.1. The van der Waals surface area contributed by atoms with Crippen molar-refractivity contribution in [3.63, 3.8) is 0 Å². The summed E-state index contributed by atoms with van der Waals surface area (Å²) in [4.78, 5) is 21.5. The number of carboxylic acids is 2. The van der Waals surface area contributed by atoms with Crippen molar-refractivity contribution < 1.29 is 46.9 Å². The molecule has 0 radical (unpaired) electrons. The zero-order valence-corrected chi connectivity index (χ0v) is 19.0. The molecule has 0 aliphatic rings. The Hall–Kier alpha value is -4.20. The van der Waals surface area contributed by atoms with Gasteiger partial charge in [0.15, 0.2) is 0 Å². The zero-order chi connectivity index (χ0) is 25.7. The Morgan fingerprint density at radius 3 is 1.31 bits per heavy atom. The molecule has 0 amide bonds. The van der Waals surface area contributed by atoms with Gasteiger partial charge >= 0.3 is 11.9 Å². The molecule has 0 saturated heterocycles. The van der Waals surface area contributed by atoms with Gasteiger partial charge < -0.3 is 20.4 Å². The Labute approximate surface area is 197 Å². The third-order valence-corrected chi connectivity index (χ3v) is 8.75. The van der Waals surface area contributed by atoms with Crippen LogP contribution in [0.1, 0.15) is 20.7 Å². The second-order valence-electron chi connectivity index (χ2n) is 7.34. The molecule has 0 aromatic heterocycles. The number of fused-ring (bicyclic) bond motifs is 2. The quantitative estimate of drug-likeness (QED) is 0.253. The first-order valence-electron chi connectivity index (χ1n) is 9.60. The highest BCUT2D eigenvalue weighted by molar-refractivity contribution is 8.04. The number of carbonyl (C=O) groups is 2. The molecular formula is C22H15NO10S2. The number of rotatable bonds is 6. The van der Waals surface area contributed by atoms with Crippen molar-refractivity contribution in [1.29, 1.82) is 0 Å². The van der Waals surface area contributed by atoms with E-state index in [-0.39, 0.29) is 21.5 Å². The predicted octanol–water partition coefficient (Wildman–Crippen LogP) is 2.47. The lowest BCUT2D eigenvalue weighted by atomic mass is 10.1. The average molecular weight is 517 g/mol. The van der Waals surface area contributed by atoms with Crippen LogP contribution >= 0.6 is 0 Å². The molecule has 4 rings (SSSR count). The number of carboxylic acid groups (broad SMARTS) is 2. The molecule has 0 fully saturated rings. The summed E-state index contributed by atoms with van der Waals surface area (Å²) in [6.45, 7) is 0. The molecular weight excluding hydrogens is 502 g/mol. The molecule has 35 heavy (non-hydrogen) atoms. The minimum absolute atomic E-state index is 0.0133. The van der Waals surface area contributed by atoms with Crippen LogP contribution in [0.25, 0.3) is 21.5 Å². The van der Waals surface area contributed by atoms with Gasteiger partial charge in [0.05, 0.1) is 0 Å². The number of aromatic carboxylic acids is 2. The summed E-state index contributed by atoms with van der Waals surface area (Å²) in [7, 11) is -10.4. The van der Waals surface area contributed by atoms with Crippen LogP contribution in [-0.2, 0) is 20.0 Å². The minimum Gasteiger partial charge on any atom is -0.506 e. The molecule has 4 aromatic rings. The SMILES string of the molecule is O=C(O)c1c(S(=O)(=O)NS(=O)(=O)c2cc3ccccc3c(O)c2C(=O)O)cc2ccccc2c1O. The lowest BCUT2D eigenvalue weighted by molar-refractivity contribution is 0.0678. The molecule has 11 nitrogen and oxygen atoms in total. The van der Waals surface area contributed by atoms with Gasteiger partial charge in [-0.15, -0.1) is 4.13 Å². The highest BCUT2D eigenvalue weighted by atomic mass is 32.3. The van der Waals surface area contributed by atoms with Crippen LogP contribution in [-0.4, -0.2) is 49.2 Å². The van der Waals surface area contributed by atoms with Gasteiger partial charge in [-0.05, 0) is 22.9 Å². The predicted molar refractivity (Wildman–Crippen MR) is 123 cm³/mol. The van der Waals surface area contributed by atoms with Gasteiger partial charge in [0.2, 0.25) is 0 Å². The van der Waals surface area contributed by atoms with Gasteiger partial charge in [0.1, 0.15) is 32.4 Å². The molecule has 0 heterocycles. The lowest BCUT2D eigenvalue weighted by Gasteiger charge is -2.15. The van der Waals surface area contributed by atoms with Crippen LogP contribution < -0.4 is 4.13 Å². The summed E-state index contributed by atoms with van der Waals surface area (Å²) >= 11 is 0. The van der Waals surface area contributed by atoms with E-state index in [1.165, 1.54) is 52.7 Å². The maximum Gasteiger partial charge on any atom is 0.340 e. The van der Waals surface area contributed by atoms with E-state index in [4.69, 9.17) is 0 Å². The van der Waals surface area contributed by atoms with Crippen molar-refractivity contribution in [1.82, 2.24) is 4.13 Å². The smallest absolute Gasteiger partial charge is 0.340 e. The first kappa shape index (κ1) is 23.9. The number of sulfonamides is 2. The summed E-state index contributed by atoms with van der Waals surface area (Å²) in [5.74, 6) is -5.49. The Morgan fingerprint density at radius 2 is 0.971 bits per heavy atom. The summed E-state index contributed by atoms with van der Waals surface area (Å²) in [6, 6.07) is 13.1. The molecule has 0 aliphatic heterocycles. The zero-order valence-electron chi connectivity index (χ0n) is 17.3. The van der Waals surface area contributed by atoms with Crippen LogP contribution in [0.5, 0.6) is 11.5 Å². The largest absolute Gasteiger partial charge is 0.506 e. The molecule has 0 spiro atoms. The summed E-state index contributed by atoms with van der Waals surface area (Å²) < 4.78 is 53.7. The van der Waals surface area contributed by atoms with E-state index >= 15 is 0 Å². The molecule has 4 aromatic carbocycles. The van der Waals surface area contributed by atoms with E-state index in [1.807, 2.05) is 0 Å². The van der Waals surface area contributed by atoms with Gasteiger partial charge in [-0.1, -0.05) is 48.5 Å².